The van der Waals surface area contributed by atoms with Gasteiger partial charge in [-0.1, -0.05) is 32.4 Å². The maximum Gasteiger partial charge on any atom is 0.405 e. The lowest BCUT2D eigenvalue weighted by molar-refractivity contribution is -0.386. The van der Waals surface area contributed by atoms with Crippen molar-refractivity contribution in [1.29, 1.82) is 0 Å². The minimum atomic E-state index is -1.27. The fraction of sp³-hybridized carbons (Fsp3) is 0.294. The van der Waals surface area contributed by atoms with Crippen molar-refractivity contribution in [3.63, 3.8) is 0 Å². The zero-order valence-electron chi connectivity index (χ0n) is 14.4. The summed E-state index contributed by atoms with van der Waals surface area (Å²) in [6.45, 7) is 5.36. The van der Waals surface area contributed by atoms with Crippen LogP contribution in [0.2, 0.25) is 5.15 Å². The molecule has 2 rings (SSSR count). The summed E-state index contributed by atoms with van der Waals surface area (Å²) in [6, 6.07) is 6.53. The molecule has 8 nitrogen and oxygen atoms in total. The predicted molar refractivity (Wildman–Crippen MR) is 95.8 cm³/mol. The van der Waals surface area contributed by atoms with E-state index in [1.54, 1.807) is 32.9 Å². The van der Waals surface area contributed by atoms with Crippen LogP contribution in [-0.4, -0.2) is 21.1 Å². The Morgan fingerprint density at radius 3 is 2.46 bits per heavy atom. The summed E-state index contributed by atoms with van der Waals surface area (Å²) in [4.78, 5) is 25.9. The Balaban J connectivity index is 2.48. The summed E-state index contributed by atoms with van der Waals surface area (Å²) in [6.07, 6.45) is 0.146. The maximum atomic E-state index is 11.4. The summed E-state index contributed by atoms with van der Waals surface area (Å²) in [5.74, 6) is 0.712. The van der Waals surface area contributed by atoms with E-state index in [1.807, 2.05) is 0 Å². The normalized spacial score (nSPS) is 12.3. The molecule has 0 bridgehead atoms. The molecule has 0 aliphatic carbocycles. The van der Waals surface area contributed by atoms with Gasteiger partial charge in [-0.25, -0.2) is 9.78 Å². The number of nitro benzene ring substituents is 1. The Morgan fingerprint density at radius 2 is 1.96 bits per heavy atom. The molecule has 1 atom stereocenters. The van der Waals surface area contributed by atoms with Crippen molar-refractivity contribution in [2.24, 2.45) is 5.41 Å². The van der Waals surface area contributed by atoms with Crippen molar-refractivity contribution in [3.8, 4) is 11.5 Å². The van der Waals surface area contributed by atoms with Crippen LogP contribution < -0.4 is 10.1 Å². The average Bonchev–Trinajstić information content (AvgIpc) is 2.53. The highest BCUT2D eigenvalue weighted by Gasteiger charge is 2.33. The molecule has 0 saturated heterocycles. The second-order valence-corrected chi connectivity index (χ2v) is 7.03. The summed E-state index contributed by atoms with van der Waals surface area (Å²) in [5.41, 5.74) is -0.589. The first-order valence-electron chi connectivity index (χ1n) is 7.65. The number of pyridine rings is 1. The highest BCUT2D eigenvalue weighted by atomic mass is 35.5. The second-order valence-electron chi connectivity index (χ2n) is 6.64. The number of carbonyl (C=O) groups is 1. The van der Waals surface area contributed by atoms with E-state index in [-0.39, 0.29) is 11.3 Å². The van der Waals surface area contributed by atoms with Crippen LogP contribution in [-0.2, 0) is 0 Å². The Kier molecular flexibility index (Phi) is 5.66. The molecule has 0 aliphatic heterocycles. The van der Waals surface area contributed by atoms with Gasteiger partial charge in [0.25, 0.3) is 5.69 Å². The van der Waals surface area contributed by atoms with Crippen LogP contribution in [0.25, 0.3) is 0 Å². The smallest absolute Gasteiger partial charge is 0.405 e. The molecule has 1 aromatic carbocycles. The number of hydrogen-bond donors (Lipinski definition) is 2. The minimum Gasteiger partial charge on any atom is -0.465 e. The lowest BCUT2D eigenvalue weighted by Gasteiger charge is -2.30. The van der Waals surface area contributed by atoms with E-state index in [0.29, 0.717) is 16.7 Å². The fourth-order valence-electron chi connectivity index (χ4n) is 2.44. The number of nitro groups is 1. The van der Waals surface area contributed by atoms with Gasteiger partial charge in [-0.3, -0.25) is 10.1 Å². The van der Waals surface area contributed by atoms with Gasteiger partial charge in [0.1, 0.15) is 16.7 Å². The molecule has 1 heterocycles. The van der Waals surface area contributed by atoms with E-state index < -0.39 is 22.5 Å². The van der Waals surface area contributed by atoms with Gasteiger partial charge in [-0.15, -0.1) is 0 Å². The highest BCUT2D eigenvalue weighted by Crippen LogP contribution is 2.39. The lowest BCUT2D eigenvalue weighted by atomic mass is 9.81. The van der Waals surface area contributed by atoms with E-state index in [9.17, 15) is 14.9 Å². The molecule has 26 heavy (non-hydrogen) atoms. The summed E-state index contributed by atoms with van der Waals surface area (Å²) >= 11 is 5.73. The SMILES string of the molecule is CC(C)(C)C(NC(=O)O)c1cc(Oc2ccc(Cl)nc2)ccc1[N+](=O)[O-]. The molecule has 0 spiro atoms. The van der Waals surface area contributed by atoms with Gasteiger partial charge in [-0.05, 0) is 29.7 Å². The topological polar surface area (TPSA) is 115 Å². The van der Waals surface area contributed by atoms with Gasteiger partial charge in [0, 0.05) is 6.07 Å². The van der Waals surface area contributed by atoms with Gasteiger partial charge in [0.05, 0.1) is 22.7 Å². The first-order chi connectivity index (χ1) is 12.1. The molecule has 2 aromatic rings. The molecule has 2 N–H and O–H groups in total. The molecule has 0 saturated carbocycles. The number of ether oxygens (including phenoxy) is 1. The third kappa shape index (κ3) is 4.82. The van der Waals surface area contributed by atoms with Crippen LogP contribution in [0.5, 0.6) is 11.5 Å². The van der Waals surface area contributed by atoms with E-state index >= 15 is 0 Å². The summed E-state index contributed by atoms with van der Waals surface area (Å²) in [7, 11) is 0. The van der Waals surface area contributed by atoms with Crippen molar-refractivity contribution in [3.05, 3.63) is 57.4 Å². The van der Waals surface area contributed by atoms with Crippen molar-refractivity contribution >= 4 is 23.4 Å². The fourth-order valence-corrected chi connectivity index (χ4v) is 2.55. The van der Waals surface area contributed by atoms with Crippen molar-refractivity contribution < 1.29 is 19.6 Å². The van der Waals surface area contributed by atoms with Crippen LogP contribution in [0.15, 0.2) is 36.5 Å². The van der Waals surface area contributed by atoms with E-state index in [4.69, 9.17) is 21.4 Å². The van der Waals surface area contributed by atoms with Gasteiger partial charge in [0.2, 0.25) is 0 Å². The Morgan fingerprint density at radius 1 is 1.31 bits per heavy atom. The van der Waals surface area contributed by atoms with Crippen LogP contribution in [0.1, 0.15) is 32.4 Å². The quantitative estimate of drug-likeness (QED) is 0.438. The van der Waals surface area contributed by atoms with E-state index in [0.717, 1.165) is 0 Å². The number of nitrogens with one attached hydrogen (secondary N) is 1. The predicted octanol–water partition coefficient (Wildman–Crippen LogP) is 4.79. The number of hydrogen-bond acceptors (Lipinski definition) is 5. The molecule has 1 amide bonds. The number of rotatable bonds is 5. The third-order valence-corrected chi connectivity index (χ3v) is 3.80. The van der Waals surface area contributed by atoms with Gasteiger partial charge in [-0.2, -0.15) is 0 Å². The van der Waals surface area contributed by atoms with Crippen molar-refractivity contribution in [2.45, 2.75) is 26.8 Å². The molecule has 1 aromatic heterocycles. The molecular weight excluding hydrogens is 362 g/mol. The molecule has 0 aliphatic rings. The third-order valence-electron chi connectivity index (χ3n) is 3.58. The Hall–Kier alpha value is -2.87. The van der Waals surface area contributed by atoms with E-state index in [1.165, 1.54) is 24.4 Å². The zero-order valence-corrected chi connectivity index (χ0v) is 15.1. The first-order valence-corrected chi connectivity index (χ1v) is 8.03. The summed E-state index contributed by atoms with van der Waals surface area (Å²) in [5, 5.41) is 23.2. The lowest BCUT2D eigenvalue weighted by Crippen LogP contribution is -2.36. The first kappa shape index (κ1) is 19.5. The van der Waals surface area contributed by atoms with Crippen LogP contribution >= 0.6 is 11.6 Å². The molecule has 138 valence electrons. The monoisotopic (exact) mass is 379 g/mol. The Bertz CT molecular complexity index is 818. The number of aromatic nitrogens is 1. The van der Waals surface area contributed by atoms with Gasteiger partial charge >= 0.3 is 6.09 Å². The van der Waals surface area contributed by atoms with Crippen LogP contribution in [0.4, 0.5) is 10.5 Å². The number of halogens is 1. The largest absolute Gasteiger partial charge is 0.465 e. The average molecular weight is 380 g/mol. The molecule has 1 unspecified atom stereocenters. The minimum absolute atomic E-state index is 0.194. The standard InChI is InChI=1S/C17H18ClN3O5/c1-17(2,3)15(20-16(22)23)12-8-10(4-6-13(12)21(24)25)26-11-5-7-14(18)19-9-11/h4-9,15,20H,1-3H3,(H,22,23). The van der Waals surface area contributed by atoms with Crippen molar-refractivity contribution in [2.75, 3.05) is 0 Å². The van der Waals surface area contributed by atoms with E-state index in [2.05, 4.69) is 10.3 Å². The zero-order chi connectivity index (χ0) is 19.5. The molecule has 0 fully saturated rings. The number of nitrogens with zero attached hydrogens (tertiary/aromatic N) is 2. The second kappa shape index (κ2) is 7.57. The Labute approximate surface area is 154 Å². The maximum absolute atomic E-state index is 11.4. The molecular formula is C17H18ClN3O5. The number of amides is 1. The van der Waals surface area contributed by atoms with Crippen LogP contribution in [0, 0.1) is 15.5 Å². The van der Waals surface area contributed by atoms with Crippen LogP contribution in [0.3, 0.4) is 0 Å². The van der Waals surface area contributed by atoms with Gasteiger partial charge in [0.15, 0.2) is 0 Å². The highest BCUT2D eigenvalue weighted by molar-refractivity contribution is 6.29. The molecule has 9 heteroatoms. The summed E-state index contributed by atoms with van der Waals surface area (Å²) < 4.78 is 5.66. The number of carboxylic acid groups (broad SMARTS) is 1. The van der Waals surface area contributed by atoms with Crippen molar-refractivity contribution in [1.82, 2.24) is 10.3 Å². The van der Waals surface area contributed by atoms with Gasteiger partial charge < -0.3 is 15.2 Å². The number of benzene rings is 1. The molecule has 0 radical (unpaired) electrons.